The van der Waals surface area contributed by atoms with Crippen LogP contribution in [0.15, 0.2) is 105 Å². The van der Waals surface area contributed by atoms with Crippen LogP contribution in [0.2, 0.25) is 0 Å². The molecule has 48 heavy (non-hydrogen) atoms. The number of anilines is 2. The Bertz CT molecular complexity index is 2050. The van der Waals surface area contributed by atoms with E-state index < -0.39 is 45.0 Å². The van der Waals surface area contributed by atoms with Gasteiger partial charge in [0.05, 0.1) is 33.4 Å². The molecular weight excluding hydrogens is 695 g/mol. The third-order valence-corrected chi connectivity index (χ3v) is 11.8. The topological polar surface area (TPSA) is 183 Å². The summed E-state index contributed by atoms with van der Waals surface area (Å²) in [6, 6.07) is 21.0. The minimum atomic E-state index is -4.35. The molecule has 4 N–H and O–H groups in total. The number of thiocarbonyl (C=S) groups is 1. The average molecular weight is 728 g/mol. The van der Waals surface area contributed by atoms with Gasteiger partial charge in [-0.3, -0.25) is 18.2 Å². The summed E-state index contributed by atoms with van der Waals surface area (Å²) in [6.07, 6.45) is 1.74. The molecule has 0 atom stereocenters. The number of aliphatic imine (C=N–C) groups is 1. The number of benzene rings is 4. The summed E-state index contributed by atoms with van der Waals surface area (Å²) >= 11 is 6.13. The smallest absolute Gasteiger partial charge is 0.264 e. The van der Waals surface area contributed by atoms with Gasteiger partial charge < -0.3 is 16.2 Å². The largest absolute Gasteiger partial charge is 0.497 e. The zero-order valence-corrected chi connectivity index (χ0v) is 29.1. The maximum Gasteiger partial charge on any atom is 0.264 e. The highest BCUT2D eigenvalue weighted by Crippen LogP contribution is 2.38. The number of isothiocyanates is 1. The Kier molecular flexibility index (Phi) is 12.2. The van der Waals surface area contributed by atoms with E-state index in [4.69, 9.17) is 16.2 Å². The summed E-state index contributed by atoms with van der Waals surface area (Å²) in [7, 11) is -7.25. The van der Waals surface area contributed by atoms with Gasteiger partial charge in [0, 0.05) is 22.2 Å². The molecule has 4 aromatic rings. The van der Waals surface area contributed by atoms with Crippen LogP contribution in [0.3, 0.4) is 0 Å². The molecule has 2 amide bonds. The maximum atomic E-state index is 14.1. The molecule has 0 bridgehead atoms. The summed E-state index contributed by atoms with van der Waals surface area (Å²) in [5, 5.41) is 2.89. The number of sulfonamides is 2. The molecule has 0 fully saturated rings. The Morgan fingerprint density at radius 3 is 1.69 bits per heavy atom. The van der Waals surface area contributed by atoms with Crippen molar-refractivity contribution in [1.29, 1.82) is 0 Å². The minimum absolute atomic E-state index is 0.0656. The van der Waals surface area contributed by atoms with Crippen LogP contribution in [0.1, 0.15) is 12.8 Å². The molecule has 0 radical (unpaired) electrons. The third kappa shape index (κ3) is 8.51. The number of fused-ring (bicyclic) bond motifs is 1. The molecule has 0 aliphatic rings. The highest BCUT2D eigenvalue weighted by atomic mass is 32.2. The number of rotatable bonds is 17. The molecule has 4 aromatic carbocycles. The van der Waals surface area contributed by atoms with E-state index in [2.05, 4.69) is 22.4 Å². The van der Waals surface area contributed by atoms with Crippen LogP contribution in [-0.2, 0) is 29.6 Å². The van der Waals surface area contributed by atoms with Crippen molar-refractivity contribution in [2.75, 3.05) is 41.1 Å². The molecule has 0 aliphatic carbocycles. The van der Waals surface area contributed by atoms with Crippen molar-refractivity contribution >= 4 is 83.1 Å². The maximum absolute atomic E-state index is 14.1. The van der Waals surface area contributed by atoms with Crippen LogP contribution >= 0.6 is 24.0 Å². The SMILES string of the molecule is COc1ccc(S(=O)(=O)N(CC(N)=O)c2ccc(N(CC(N)=O)S(=O)(=O)c3ccc(SCCCCN=C=S)cc3)c3ccccc23)cc1. The zero-order chi connectivity index (χ0) is 34.9. The Morgan fingerprint density at radius 2 is 1.25 bits per heavy atom. The predicted molar refractivity (Wildman–Crippen MR) is 191 cm³/mol. The molecule has 0 unspecified atom stereocenters. The minimum Gasteiger partial charge on any atom is -0.497 e. The van der Waals surface area contributed by atoms with Crippen LogP contribution in [0.25, 0.3) is 10.8 Å². The monoisotopic (exact) mass is 727 g/mol. The van der Waals surface area contributed by atoms with E-state index in [1.165, 1.54) is 55.6 Å². The quantitative estimate of drug-likeness (QED) is 0.0698. The van der Waals surface area contributed by atoms with Gasteiger partial charge in [0.1, 0.15) is 18.8 Å². The number of carbonyl (C=O) groups excluding carboxylic acids is 2. The number of nitrogens with two attached hydrogens (primary N) is 2. The van der Waals surface area contributed by atoms with Crippen molar-refractivity contribution < 1.29 is 31.2 Å². The molecule has 4 rings (SSSR count). The second kappa shape index (κ2) is 16.1. The van der Waals surface area contributed by atoms with Gasteiger partial charge in [0.2, 0.25) is 11.8 Å². The van der Waals surface area contributed by atoms with Crippen LogP contribution in [-0.4, -0.2) is 66.3 Å². The van der Waals surface area contributed by atoms with Gasteiger partial charge in [-0.1, -0.05) is 24.3 Å². The molecule has 252 valence electrons. The lowest BCUT2D eigenvalue weighted by atomic mass is 10.1. The summed E-state index contributed by atoms with van der Waals surface area (Å²) < 4.78 is 62.7. The number of methoxy groups -OCH3 is 1. The fourth-order valence-electron chi connectivity index (χ4n) is 4.82. The Morgan fingerprint density at radius 1 is 0.771 bits per heavy atom. The molecule has 0 aromatic heterocycles. The van der Waals surface area contributed by atoms with E-state index in [0.29, 0.717) is 12.3 Å². The van der Waals surface area contributed by atoms with Gasteiger partial charge in [-0.2, -0.15) is 0 Å². The van der Waals surface area contributed by atoms with E-state index in [-0.39, 0.29) is 31.9 Å². The van der Waals surface area contributed by atoms with E-state index in [1.807, 2.05) is 0 Å². The molecule has 0 saturated carbocycles. The first-order valence-corrected chi connectivity index (χ1v) is 18.7. The second-order valence-electron chi connectivity index (χ2n) is 10.3. The fraction of sp³-hybridized carbons (Fsp3) is 0.219. The highest BCUT2D eigenvalue weighted by molar-refractivity contribution is 7.99. The van der Waals surface area contributed by atoms with Crippen LogP contribution < -0.4 is 24.8 Å². The number of thioether (sulfide) groups is 1. The van der Waals surface area contributed by atoms with Gasteiger partial charge in [-0.15, -0.1) is 11.8 Å². The number of nitrogens with zero attached hydrogens (tertiary/aromatic N) is 3. The number of hydrogen-bond acceptors (Lipinski definition) is 10. The Hall–Kier alpha value is -4.47. The van der Waals surface area contributed by atoms with Gasteiger partial charge in [0.25, 0.3) is 20.0 Å². The van der Waals surface area contributed by atoms with Gasteiger partial charge in [0.15, 0.2) is 0 Å². The molecule has 0 spiro atoms. The van der Waals surface area contributed by atoms with Gasteiger partial charge in [-0.25, -0.2) is 21.8 Å². The lowest BCUT2D eigenvalue weighted by Gasteiger charge is -2.28. The van der Waals surface area contributed by atoms with Crippen LogP contribution in [0.5, 0.6) is 5.75 Å². The standard InChI is InChI=1S/C32H33N5O7S4/c1-44-23-8-12-25(13-9-23)47(40,41)36(20-31(33)38)29-16-17-30(28-7-3-2-6-27(28)29)37(21-32(34)39)48(42,43)26-14-10-24(11-15-26)46-19-5-4-18-35-22-45/h2-3,6-17H,4-5,18-21H2,1H3,(H2,33,38)(H2,34,39). The predicted octanol–water partition coefficient (Wildman–Crippen LogP) is 4.18. The first-order chi connectivity index (χ1) is 22.9. The molecular formula is C32H33N5O7S4. The lowest BCUT2D eigenvalue weighted by molar-refractivity contribution is -0.117. The summed E-state index contributed by atoms with van der Waals surface area (Å²) in [6.45, 7) is -0.789. The zero-order valence-electron chi connectivity index (χ0n) is 25.8. The number of primary amides is 2. The number of unbranched alkanes of at least 4 members (excludes halogenated alkanes) is 1. The first kappa shape index (κ1) is 36.4. The average Bonchev–Trinajstić information content (AvgIpc) is 3.07. The summed E-state index contributed by atoms with van der Waals surface area (Å²) in [5.41, 5.74) is 11.2. The van der Waals surface area contributed by atoms with Crippen molar-refractivity contribution in [3.05, 3.63) is 84.9 Å². The van der Waals surface area contributed by atoms with Crippen molar-refractivity contribution in [2.24, 2.45) is 16.5 Å². The second-order valence-corrected chi connectivity index (χ2v) is 15.4. The van der Waals surface area contributed by atoms with Crippen LogP contribution in [0.4, 0.5) is 11.4 Å². The highest BCUT2D eigenvalue weighted by Gasteiger charge is 2.31. The summed E-state index contributed by atoms with van der Waals surface area (Å²) in [4.78, 5) is 29.0. The number of hydrogen-bond donors (Lipinski definition) is 2. The number of amides is 2. The van der Waals surface area contributed by atoms with Crippen molar-refractivity contribution in [2.45, 2.75) is 27.5 Å². The normalized spacial score (nSPS) is 11.4. The van der Waals surface area contributed by atoms with E-state index in [9.17, 15) is 26.4 Å². The van der Waals surface area contributed by atoms with Crippen molar-refractivity contribution in [3.8, 4) is 5.75 Å². The van der Waals surface area contributed by atoms with E-state index >= 15 is 0 Å². The molecule has 0 aliphatic heterocycles. The fourth-order valence-corrected chi connectivity index (χ4v) is 8.73. The Labute approximate surface area is 288 Å². The Balaban J connectivity index is 1.76. The lowest BCUT2D eigenvalue weighted by Crippen LogP contribution is -2.39. The first-order valence-electron chi connectivity index (χ1n) is 14.4. The van der Waals surface area contributed by atoms with Crippen molar-refractivity contribution in [3.63, 3.8) is 0 Å². The van der Waals surface area contributed by atoms with Gasteiger partial charge >= 0.3 is 0 Å². The van der Waals surface area contributed by atoms with Crippen LogP contribution in [0, 0.1) is 0 Å². The van der Waals surface area contributed by atoms with Gasteiger partial charge in [-0.05, 0) is 91.5 Å². The van der Waals surface area contributed by atoms with Crippen molar-refractivity contribution in [1.82, 2.24) is 0 Å². The summed E-state index contributed by atoms with van der Waals surface area (Å²) in [5.74, 6) is -0.598. The number of ether oxygens (including phenoxy) is 1. The van der Waals surface area contributed by atoms with E-state index in [0.717, 1.165) is 32.1 Å². The molecule has 0 heterocycles. The molecule has 12 nitrogen and oxygen atoms in total. The molecule has 0 saturated heterocycles. The van der Waals surface area contributed by atoms with E-state index in [1.54, 1.807) is 48.2 Å². The third-order valence-electron chi connectivity index (χ3n) is 7.07. The number of carbonyl (C=O) groups is 2. The molecule has 16 heteroatoms.